The highest BCUT2D eigenvalue weighted by Gasteiger charge is 2.27. The summed E-state index contributed by atoms with van der Waals surface area (Å²) in [7, 11) is 0. The molecule has 1 amide bonds. The summed E-state index contributed by atoms with van der Waals surface area (Å²) in [5.41, 5.74) is 3.40. The quantitative estimate of drug-likeness (QED) is 0.283. The van der Waals surface area contributed by atoms with E-state index in [2.05, 4.69) is 39.1 Å². The highest BCUT2D eigenvalue weighted by Crippen LogP contribution is 2.34. The number of pyridine rings is 1. The van der Waals surface area contributed by atoms with Crippen molar-refractivity contribution in [3.05, 3.63) is 27.6 Å². The van der Waals surface area contributed by atoms with E-state index in [0.717, 1.165) is 35.1 Å². The molecule has 1 aromatic rings. The van der Waals surface area contributed by atoms with Gasteiger partial charge in [-0.25, -0.2) is 10.8 Å². The topological polar surface area (TPSA) is 68.0 Å². The molecule has 0 unspecified atom stereocenters. The van der Waals surface area contributed by atoms with Gasteiger partial charge in [-0.3, -0.25) is 10.2 Å². The maximum absolute atomic E-state index is 11.4. The van der Waals surface area contributed by atoms with Crippen LogP contribution < -0.4 is 11.3 Å². The Bertz CT molecular complexity index is 402. The van der Waals surface area contributed by atoms with Gasteiger partial charge in [-0.1, -0.05) is 6.07 Å². The first kappa shape index (κ1) is 12.8. The average molecular weight is 345 g/mol. The molecule has 92 valence electrons. The van der Waals surface area contributed by atoms with Crippen molar-refractivity contribution in [1.82, 2.24) is 10.4 Å². The lowest BCUT2D eigenvalue weighted by Gasteiger charge is -2.26. The third-order valence-electron chi connectivity index (χ3n) is 3.40. The first-order valence-electron chi connectivity index (χ1n) is 5.83. The Morgan fingerprint density at radius 2 is 2.06 bits per heavy atom. The van der Waals surface area contributed by atoms with E-state index in [1.54, 1.807) is 0 Å². The van der Waals surface area contributed by atoms with E-state index in [4.69, 9.17) is 5.84 Å². The molecule has 1 heterocycles. The first-order valence-corrected chi connectivity index (χ1v) is 6.91. The average Bonchev–Trinajstić information content (AvgIpc) is 2.38. The zero-order valence-corrected chi connectivity index (χ0v) is 11.7. The molecule has 0 saturated heterocycles. The Morgan fingerprint density at radius 3 is 2.65 bits per heavy atom. The molecule has 0 aromatic carbocycles. The minimum Gasteiger partial charge on any atom is -0.294 e. The van der Waals surface area contributed by atoms with Crippen LogP contribution in [-0.4, -0.2) is 10.9 Å². The fraction of sp³-hybridized carbons (Fsp3) is 0.500. The van der Waals surface area contributed by atoms with E-state index in [9.17, 15) is 4.79 Å². The largest absolute Gasteiger partial charge is 0.294 e. The van der Waals surface area contributed by atoms with Crippen LogP contribution in [0.15, 0.2) is 18.2 Å². The second-order valence-corrected chi connectivity index (χ2v) is 5.55. The van der Waals surface area contributed by atoms with Crippen LogP contribution in [0.4, 0.5) is 0 Å². The maximum Gasteiger partial charge on any atom is 0.236 e. The summed E-state index contributed by atoms with van der Waals surface area (Å²) in [5.74, 6) is 5.70. The lowest BCUT2D eigenvalue weighted by atomic mass is 9.80. The minimum absolute atomic E-state index is 0.0287. The van der Waals surface area contributed by atoms with Gasteiger partial charge in [-0.2, -0.15) is 0 Å². The number of carbonyl (C=O) groups excluding carboxylic acids is 1. The van der Waals surface area contributed by atoms with Crippen LogP contribution in [0.2, 0.25) is 0 Å². The summed E-state index contributed by atoms with van der Waals surface area (Å²) in [6.45, 7) is 0. The van der Waals surface area contributed by atoms with Crippen molar-refractivity contribution in [2.75, 3.05) is 0 Å². The Hall–Kier alpha value is -0.690. The second-order valence-electron chi connectivity index (χ2n) is 4.44. The van der Waals surface area contributed by atoms with Crippen molar-refractivity contribution >= 4 is 28.5 Å². The van der Waals surface area contributed by atoms with E-state index in [1.165, 1.54) is 0 Å². The summed E-state index contributed by atoms with van der Waals surface area (Å²) in [6, 6.07) is 6.12. The Balaban J connectivity index is 1.97. The summed E-state index contributed by atoms with van der Waals surface area (Å²) in [4.78, 5) is 16.0. The maximum atomic E-state index is 11.4. The van der Waals surface area contributed by atoms with Gasteiger partial charge in [-0.05, 0) is 60.4 Å². The molecule has 1 saturated carbocycles. The Labute approximate surface area is 114 Å². The molecule has 1 fully saturated rings. The number of nitrogens with one attached hydrogen (secondary N) is 1. The zero-order chi connectivity index (χ0) is 12.3. The number of aromatic nitrogens is 1. The number of rotatable bonds is 2. The van der Waals surface area contributed by atoms with Gasteiger partial charge < -0.3 is 0 Å². The van der Waals surface area contributed by atoms with E-state index < -0.39 is 0 Å². The molecule has 2 rings (SSSR count). The summed E-state index contributed by atoms with van der Waals surface area (Å²) in [5, 5.41) is 0. The van der Waals surface area contributed by atoms with Crippen molar-refractivity contribution in [3.63, 3.8) is 0 Å². The Kier molecular flexibility index (Phi) is 4.33. The van der Waals surface area contributed by atoms with Crippen molar-refractivity contribution < 1.29 is 4.79 Å². The molecule has 0 spiro atoms. The van der Waals surface area contributed by atoms with Gasteiger partial charge in [0.25, 0.3) is 0 Å². The number of carbonyl (C=O) groups is 1. The molecule has 5 heteroatoms. The van der Waals surface area contributed by atoms with Crippen LogP contribution in [0.5, 0.6) is 0 Å². The van der Waals surface area contributed by atoms with Gasteiger partial charge in [0.2, 0.25) is 5.91 Å². The van der Waals surface area contributed by atoms with Crippen LogP contribution in [0, 0.1) is 9.62 Å². The molecule has 0 bridgehead atoms. The molecular weight excluding hydrogens is 329 g/mol. The lowest BCUT2D eigenvalue weighted by molar-refractivity contribution is -0.126. The molecule has 1 aromatic heterocycles. The SMILES string of the molecule is NNC(=O)C1CCC(c2cccc(I)n2)CC1. The molecule has 3 N–H and O–H groups in total. The van der Waals surface area contributed by atoms with Gasteiger partial charge in [0, 0.05) is 17.5 Å². The second kappa shape index (κ2) is 5.77. The molecule has 4 nitrogen and oxygen atoms in total. The third kappa shape index (κ3) is 3.16. The summed E-state index contributed by atoms with van der Waals surface area (Å²) in [6.07, 6.45) is 3.85. The van der Waals surface area contributed by atoms with Gasteiger partial charge in [-0.15, -0.1) is 0 Å². The molecule has 0 atom stereocenters. The predicted octanol–water partition coefficient (Wildman–Crippen LogP) is 1.95. The Morgan fingerprint density at radius 1 is 1.35 bits per heavy atom. The number of nitrogens with zero attached hydrogens (tertiary/aromatic N) is 1. The lowest BCUT2D eigenvalue weighted by Crippen LogP contribution is -2.37. The third-order valence-corrected chi connectivity index (χ3v) is 4.00. The minimum atomic E-state index is -0.0287. The van der Waals surface area contributed by atoms with Gasteiger partial charge in [0.15, 0.2) is 0 Å². The van der Waals surface area contributed by atoms with Crippen LogP contribution in [0.25, 0.3) is 0 Å². The number of hydrogen-bond donors (Lipinski definition) is 2. The highest BCUT2D eigenvalue weighted by molar-refractivity contribution is 14.1. The van der Waals surface area contributed by atoms with Crippen LogP contribution in [0.3, 0.4) is 0 Å². The molecule has 0 aliphatic heterocycles. The first-order chi connectivity index (χ1) is 8.20. The van der Waals surface area contributed by atoms with E-state index in [0.29, 0.717) is 5.92 Å². The van der Waals surface area contributed by atoms with Crippen molar-refractivity contribution in [2.45, 2.75) is 31.6 Å². The summed E-state index contributed by atoms with van der Waals surface area (Å²) >= 11 is 2.23. The van der Waals surface area contributed by atoms with Crippen molar-refractivity contribution in [3.8, 4) is 0 Å². The smallest absolute Gasteiger partial charge is 0.236 e. The monoisotopic (exact) mass is 345 g/mol. The van der Waals surface area contributed by atoms with Gasteiger partial charge in [0.05, 0.1) is 0 Å². The fourth-order valence-electron chi connectivity index (χ4n) is 2.42. The van der Waals surface area contributed by atoms with E-state index >= 15 is 0 Å². The molecule has 0 radical (unpaired) electrons. The molecule has 1 aliphatic rings. The fourth-order valence-corrected chi connectivity index (χ4v) is 2.91. The number of hydrogen-bond acceptors (Lipinski definition) is 3. The van der Waals surface area contributed by atoms with Crippen molar-refractivity contribution in [2.24, 2.45) is 11.8 Å². The number of nitrogens with two attached hydrogens (primary N) is 1. The zero-order valence-electron chi connectivity index (χ0n) is 9.53. The van der Waals surface area contributed by atoms with Gasteiger partial charge in [0.1, 0.15) is 3.70 Å². The van der Waals surface area contributed by atoms with Crippen LogP contribution in [-0.2, 0) is 4.79 Å². The number of amides is 1. The van der Waals surface area contributed by atoms with E-state index in [-0.39, 0.29) is 11.8 Å². The predicted molar refractivity (Wildman–Crippen MR) is 74.0 cm³/mol. The molecular formula is C12H16IN3O. The van der Waals surface area contributed by atoms with Crippen LogP contribution in [0.1, 0.15) is 37.3 Å². The number of hydrazine groups is 1. The van der Waals surface area contributed by atoms with Gasteiger partial charge >= 0.3 is 0 Å². The van der Waals surface area contributed by atoms with Crippen molar-refractivity contribution in [1.29, 1.82) is 0 Å². The standard InChI is InChI=1S/C12H16IN3O/c13-11-3-1-2-10(15-11)8-4-6-9(7-5-8)12(17)16-14/h1-3,8-9H,4-7,14H2,(H,16,17). The summed E-state index contributed by atoms with van der Waals surface area (Å²) < 4.78 is 1.03. The highest BCUT2D eigenvalue weighted by atomic mass is 127. The normalized spacial score (nSPS) is 24.4. The molecule has 17 heavy (non-hydrogen) atoms. The van der Waals surface area contributed by atoms with Crippen LogP contribution >= 0.6 is 22.6 Å². The van der Waals surface area contributed by atoms with E-state index in [1.807, 2.05) is 12.1 Å². The number of halogens is 1. The molecule has 1 aliphatic carbocycles.